The Morgan fingerprint density at radius 2 is 0.333 bits per heavy atom. The van der Waals surface area contributed by atoms with Gasteiger partial charge in [-0.15, -0.1) is 0 Å². The predicted octanol–water partition coefficient (Wildman–Crippen LogP) is 22.1. The predicted molar refractivity (Wildman–Crippen MR) is 265 cm³/mol. The first-order valence-electron chi connectivity index (χ1n) is 26.1. The normalized spacial score (nSPS) is 11.2. The Morgan fingerprint density at radius 3 is 0.441 bits per heavy atom. The van der Waals surface area contributed by atoms with Crippen molar-refractivity contribution in [3.63, 3.8) is 0 Å². The SMILES string of the molecule is CCN(c1cc(F)c(F)c(F)c1F)C(F)(F)C(F)(F)F.Fc1c(F)c(F)c(-c2c(F)c(F)c(F)c(F)c2F)c(F)c1F.Fc1c(F)c(F)c(-c2c(F)c(F)c(F)c(F)c2F)c(F)c1F.Fc1c(F)c(F)c(-c2c(F)c(F)c(F)c(F)c2F)c(F)c1F.Fc1c(F)c(F)c(-c2c(F)c(F)c(F)c(F)c2F)c(F)c1F.[O]=[Al][OH]. The molecule has 0 amide bonds. The topological polar surface area (TPSA) is 40.5 Å². The molecule has 0 aliphatic carbocycles. The van der Waals surface area contributed by atoms with Crippen molar-refractivity contribution in [2.24, 2.45) is 0 Å². The summed E-state index contributed by atoms with van der Waals surface area (Å²) in [5, 5.41) is 0. The van der Waals surface area contributed by atoms with Gasteiger partial charge in [-0.1, -0.05) is 0 Å². The fourth-order valence-electron chi connectivity index (χ4n) is 8.03. The van der Waals surface area contributed by atoms with Crippen molar-refractivity contribution in [2.45, 2.75) is 19.1 Å². The summed E-state index contributed by atoms with van der Waals surface area (Å²) in [6.45, 7) is -0.355. The summed E-state index contributed by atoms with van der Waals surface area (Å²) in [6, 6.07) is -5.85. The second-order valence-electron chi connectivity index (χ2n) is 19.3. The minimum absolute atomic E-state index is 0.267. The molecule has 3 nitrogen and oxygen atoms in total. The first kappa shape index (κ1) is 92.9. The van der Waals surface area contributed by atoms with Gasteiger partial charge >= 0.3 is 35.7 Å². The van der Waals surface area contributed by atoms with E-state index in [2.05, 4.69) is 0 Å². The molecule has 0 fully saturated rings. The quantitative estimate of drug-likeness (QED) is 0.0568. The van der Waals surface area contributed by atoms with Gasteiger partial charge in [0.05, 0.1) is 50.2 Å². The van der Waals surface area contributed by atoms with Gasteiger partial charge in [0.1, 0.15) is 0 Å². The molecular weight excluding hydrogens is 1700 g/mol. The van der Waals surface area contributed by atoms with Crippen molar-refractivity contribution in [1.29, 1.82) is 0 Å². The van der Waals surface area contributed by atoms with E-state index in [0.29, 0.717) is 0 Å². The molecule has 602 valence electrons. The molecule has 53 heteroatoms. The van der Waals surface area contributed by atoms with Gasteiger partial charge in [0, 0.05) is 12.6 Å². The van der Waals surface area contributed by atoms with Crippen molar-refractivity contribution in [3.8, 4) is 44.5 Å². The van der Waals surface area contributed by atoms with Crippen LogP contribution in [0.1, 0.15) is 6.92 Å². The standard InChI is InChI=1S/4C12F10.C10H6F9N.Al.H2O.O/c4*13-3-1(4(14)8(18)11(21)7(3)17)2-5(15)9(19)12(22)10(20)6(2)16;1-2-20(10(18,19)9(15,16)17)5-3-4(11)6(12)8(14)7(5)13;;;/h;;;;3H,2H2,1H3;;1H2;/q;;;;;+1;;/p-1. The maximum atomic E-state index is 13.4. The van der Waals surface area contributed by atoms with Crippen molar-refractivity contribution in [2.75, 3.05) is 11.4 Å². The Morgan fingerprint density at radius 1 is 0.225 bits per heavy atom. The van der Waals surface area contributed by atoms with Gasteiger partial charge < -0.3 is 4.90 Å². The van der Waals surface area contributed by atoms with Gasteiger partial charge in [0.15, 0.2) is 209 Å². The van der Waals surface area contributed by atoms with Crippen LogP contribution in [-0.4, -0.2) is 38.4 Å². The molecule has 9 aromatic rings. The molecule has 1 N–H and O–H groups in total. The molecular formula is C58H7AlF49NO2. The van der Waals surface area contributed by atoms with Gasteiger partial charge in [-0.25, -0.2) is 193 Å². The van der Waals surface area contributed by atoms with Gasteiger partial charge in [-0.2, -0.15) is 22.0 Å². The molecule has 0 saturated carbocycles. The third-order valence-electron chi connectivity index (χ3n) is 13.0. The fraction of sp³-hybridized carbons (Fsp3) is 0.0690. The van der Waals surface area contributed by atoms with E-state index < -0.39 is 345 Å². The average molecular weight is 1710 g/mol. The summed E-state index contributed by atoms with van der Waals surface area (Å²) in [4.78, 5) is -0.909. The van der Waals surface area contributed by atoms with Crippen molar-refractivity contribution >= 4 is 21.2 Å². The summed E-state index contributed by atoms with van der Waals surface area (Å²) in [5.41, 5.74) is -19.8. The Balaban J connectivity index is 0.000000290. The van der Waals surface area contributed by atoms with E-state index in [1.807, 2.05) is 0 Å². The van der Waals surface area contributed by atoms with Gasteiger partial charge in [0.25, 0.3) is 0 Å². The first-order valence-corrected chi connectivity index (χ1v) is 27.0. The van der Waals surface area contributed by atoms with Crippen LogP contribution in [0.4, 0.5) is 221 Å². The molecule has 0 aliphatic heterocycles. The van der Waals surface area contributed by atoms with E-state index in [0.717, 1.165) is 6.92 Å². The monoisotopic (exact) mass is 1710 g/mol. The Labute approximate surface area is 580 Å². The zero-order valence-electron chi connectivity index (χ0n) is 50.2. The van der Waals surface area contributed by atoms with Crippen LogP contribution >= 0.6 is 0 Å². The van der Waals surface area contributed by atoms with Crippen LogP contribution < -0.4 is 4.90 Å². The summed E-state index contributed by atoms with van der Waals surface area (Å²) in [6.07, 6.45) is -6.11. The van der Waals surface area contributed by atoms with Crippen LogP contribution in [0.5, 0.6) is 0 Å². The van der Waals surface area contributed by atoms with Crippen LogP contribution in [0, 0.1) is 256 Å². The molecule has 111 heavy (non-hydrogen) atoms. The molecule has 0 atom stereocenters. The van der Waals surface area contributed by atoms with E-state index in [9.17, 15) is 215 Å². The molecule has 0 radical (unpaired) electrons. The number of halogens is 49. The third kappa shape index (κ3) is 16.6. The summed E-state index contributed by atoms with van der Waals surface area (Å²) in [7, 11) is 0. The zero-order chi connectivity index (χ0) is 86.3. The molecule has 0 spiro atoms. The number of hydrogen-bond acceptors (Lipinski definition) is 2. The Kier molecular flexibility index (Phi) is 29.1. The zero-order valence-corrected chi connectivity index (χ0v) is 51.3. The molecule has 0 unspecified atom stereocenters. The van der Waals surface area contributed by atoms with E-state index >= 15 is 0 Å². The third-order valence-corrected chi connectivity index (χ3v) is 13.0. The molecule has 9 rings (SSSR count). The number of alkyl halides is 5. The van der Waals surface area contributed by atoms with Gasteiger partial charge in [-0.05, 0) is 6.92 Å². The van der Waals surface area contributed by atoms with Crippen LogP contribution in [-0.2, 0) is 3.80 Å². The minimum atomic E-state index is -6.11. The van der Waals surface area contributed by atoms with Crippen LogP contribution in [0.3, 0.4) is 0 Å². The van der Waals surface area contributed by atoms with Crippen LogP contribution in [0.2, 0.25) is 0 Å². The molecule has 0 heterocycles. The van der Waals surface area contributed by atoms with E-state index in [4.69, 9.17) is 7.96 Å². The molecule has 0 aliphatic rings. The maximum absolute atomic E-state index is 13.4. The first-order chi connectivity index (χ1) is 50.8. The second-order valence-corrected chi connectivity index (χ2v) is 19.5. The van der Waals surface area contributed by atoms with Crippen LogP contribution in [0.15, 0.2) is 6.07 Å². The van der Waals surface area contributed by atoms with E-state index in [1.54, 1.807) is 0 Å². The van der Waals surface area contributed by atoms with Gasteiger partial charge in [0.2, 0.25) is 46.5 Å². The number of rotatable bonds is 7. The molecule has 0 saturated heterocycles. The molecule has 9 aromatic carbocycles. The van der Waals surface area contributed by atoms with Crippen molar-refractivity contribution in [3.05, 3.63) is 262 Å². The van der Waals surface area contributed by atoms with E-state index in [1.165, 1.54) is 0 Å². The summed E-state index contributed by atoms with van der Waals surface area (Å²) >= 11 is -1.50. The Bertz CT molecular complexity index is 4190. The average Bonchev–Trinajstić information content (AvgIpc) is 0.765. The number of benzene rings is 9. The number of anilines is 1. The van der Waals surface area contributed by atoms with Gasteiger partial charge in [-0.3, -0.25) is 0 Å². The van der Waals surface area contributed by atoms with Crippen LogP contribution in [0.25, 0.3) is 44.5 Å². The van der Waals surface area contributed by atoms with Crippen molar-refractivity contribution in [1.82, 2.24) is 0 Å². The van der Waals surface area contributed by atoms with Crippen molar-refractivity contribution < 1.29 is 223 Å². The summed E-state index contributed by atoms with van der Waals surface area (Å²) in [5.74, 6) is -116. The van der Waals surface area contributed by atoms with E-state index in [-0.39, 0.29) is 6.07 Å². The Hall–Kier alpha value is -10.5. The fourth-order valence-corrected chi connectivity index (χ4v) is 8.03. The number of nitrogens with zero attached hydrogens (tertiary/aromatic N) is 1. The molecule has 0 aromatic heterocycles. The number of hydrogen-bond donors (Lipinski definition) is 1. The molecule has 0 bridgehead atoms. The summed E-state index contributed by atoms with van der Waals surface area (Å²) < 4.78 is 655. The second kappa shape index (κ2) is 34.8.